The molecule has 3 heterocycles. The lowest BCUT2D eigenvalue weighted by atomic mass is 10.1. The van der Waals surface area contributed by atoms with Crippen LogP contribution in [0.4, 0.5) is 9.93 Å². The van der Waals surface area contributed by atoms with E-state index in [9.17, 15) is 14.4 Å². The van der Waals surface area contributed by atoms with Crippen LogP contribution in [0, 0.1) is 0 Å². The smallest absolute Gasteiger partial charge is 0.349 e. The van der Waals surface area contributed by atoms with E-state index < -0.39 is 11.5 Å². The molecule has 0 bridgehead atoms. The summed E-state index contributed by atoms with van der Waals surface area (Å²) in [4.78, 5) is 44.4. The second-order valence-electron chi connectivity index (χ2n) is 7.44. The molecule has 0 saturated heterocycles. The van der Waals surface area contributed by atoms with Crippen LogP contribution in [0.15, 0.2) is 33.5 Å². The number of methoxy groups -OCH3 is 1. The Labute approximate surface area is 182 Å². The van der Waals surface area contributed by atoms with Crippen LogP contribution in [0.5, 0.6) is 5.75 Å². The van der Waals surface area contributed by atoms with Crippen molar-refractivity contribution in [2.75, 3.05) is 19.0 Å². The number of rotatable bonds is 4. The predicted octanol–water partition coefficient (Wildman–Crippen LogP) is 2.99. The standard InChI is InChI=1S/C21H22N4O5S/c1-11(2)22-20(28)24-21-23-14-7-8-25(10-16(14)31-21)18(26)13-9-12-5-4-6-15(29-3)17(12)30-19(13)27/h4-6,9,11H,7-8,10H2,1-3H3,(H2,22,23,24,28). The van der Waals surface area contributed by atoms with Crippen molar-refractivity contribution in [1.82, 2.24) is 15.2 Å². The summed E-state index contributed by atoms with van der Waals surface area (Å²) >= 11 is 1.32. The number of hydrogen-bond acceptors (Lipinski definition) is 7. The number of benzene rings is 1. The molecule has 31 heavy (non-hydrogen) atoms. The van der Waals surface area contributed by atoms with Crippen LogP contribution in [-0.4, -0.2) is 41.5 Å². The predicted molar refractivity (Wildman–Crippen MR) is 117 cm³/mol. The van der Waals surface area contributed by atoms with E-state index in [1.54, 1.807) is 23.1 Å². The van der Waals surface area contributed by atoms with E-state index >= 15 is 0 Å². The highest BCUT2D eigenvalue weighted by Crippen LogP contribution is 2.29. The third-order valence-electron chi connectivity index (χ3n) is 4.83. The lowest BCUT2D eigenvalue weighted by Crippen LogP contribution is -2.37. The molecule has 1 aliphatic heterocycles. The fraction of sp³-hybridized carbons (Fsp3) is 0.333. The van der Waals surface area contributed by atoms with Crippen molar-refractivity contribution in [1.29, 1.82) is 0 Å². The number of amides is 3. The summed E-state index contributed by atoms with van der Waals surface area (Å²) in [6.45, 7) is 4.47. The molecule has 0 radical (unpaired) electrons. The van der Waals surface area contributed by atoms with E-state index in [4.69, 9.17) is 9.15 Å². The van der Waals surface area contributed by atoms with Crippen LogP contribution >= 0.6 is 11.3 Å². The Hall–Kier alpha value is -3.40. The van der Waals surface area contributed by atoms with Crippen molar-refractivity contribution in [3.8, 4) is 5.75 Å². The maximum Gasteiger partial charge on any atom is 0.349 e. The monoisotopic (exact) mass is 442 g/mol. The zero-order valence-corrected chi connectivity index (χ0v) is 18.2. The molecular formula is C21H22N4O5S. The SMILES string of the molecule is COc1cccc2cc(C(=O)N3CCc4nc(NC(=O)NC(C)C)sc4C3)c(=O)oc12. The Morgan fingerprint density at radius 1 is 1.32 bits per heavy atom. The molecule has 0 atom stereocenters. The van der Waals surface area contributed by atoms with Crippen LogP contribution in [0.1, 0.15) is 34.8 Å². The number of ether oxygens (including phenoxy) is 1. The molecule has 162 valence electrons. The molecule has 2 N–H and O–H groups in total. The van der Waals surface area contributed by atoms with Gasteiger partial charge in [-0.2, -0.15) is 0 Å². The third kappa shape index (κ3) is 4.24. The van der Waals surface area contributed by atoms with Crippen LogP contribution in [-0.2, 0) is 13.0 Å². The van der Waals surface area contributed by atoms with Gasteiger partial charge in [-0.3, -0.25) is 10.1 Å². The first-order valence-electron chi connectivity index (χ1n) is 9.82. The second-order valence-corrected chi connectivity index (χ2v) is 8.53. The van der Waals surface area contributed by atoms with E-state index in [0.717, 1.165) is 10.6 Å². The maximum absolute atomic E-state index is 13.1. The van der Waals surface area contributed by atoms with Crippen molar-refractivity contribution in [2.45, 2.75) is 32.9 Å². The van der Waals surface area contributed by atoms with Crippen molar-refractivity contribution < 1.29 is 18.7 Å². The number of thiazole rings is 1. The fourth-order valence-electron chi connectivity index (χ4n) is 3.42. The maximum atomic E-state index is 13.1. The van der Waals surface area contributed by atoms with Crippen molar-refractivity contribution in [3.05, 3.63) is 50.8 Å². The van der Waals surface area contributed by atoms with Crippen molar-refractivity contribution in [3.63, 3.8) is 0 Å². The van der Waals surface area contributed by atoms with E-state index in [-0.39, 0.29) is 17.6 Å². The molecule has 0 spiro atoms. The molecule has 2 aromatic heterocycles. The largest absolute Gasteiger partial charge is 0.493 e. The van der Waals surface area contributed by atoms with Crippen LogP contribution < -0.4 is 21.0 Å². The summed E-state index contributed by atoms with van der Waals surface area (Å²) in [5.74, 6) is 0.0342. The highest BCUT2D eigenvalue weighted by atomic mass is 32.1. The Kier molecular flexibility index (Phi) is 5.64. The molecule has 0 aliphatic carbocycles. The van der Waals surface area contributed by atoms with Gasteiger partial charge in [-0.25, -0.2) is 14.6 Å². The number of nitrogens with one attached hydrogen (secondary N) is 2. The van der Waals surface area contributed by atoms with Crippen LogP contribution in [0.25, 0.3) is 11.0 Å². The number of hydrogen-bond donors (Lipinski definition) is 2. The van der Waals surface area contributed by atoms with Crippen molar-refractivity contribution in [2.24, 2.45) is 0 Å². The van der Waals surface area contributed by atoms with Gasteiger partial charge in [0, 0.05) is 29.3 Å². The van der Waals surface area contributed by atoms with E-state index in [1.165, 1.54) is 24.5 Å². The normalized spacial score (nSPS) is 13.2. The average Bonchev–Trinajstić information content (AvgIpc) is 3.12. The summed E-state index contributed by atoms with van der Waals surface area (Å²) in [7, 11) is 1.49. The highest BCUT2D eigenvalue weighted by Gasteiger charge is 2.27. The fourth-order valence-corrected chi connectivity index (χ4v) is 4.43. The van der Waals surface area contributed by atoms with E-state index in [0.29, 0.717) is 41.4 Å². The Balaban J connectivity index is 1.55. The van der Waals surface area contributed by atoms with Gasteiger partial charge in [0.05, 0.1) is 19.3 Å². The number of aromatic nitrogens is 1. The zero-order valence-electron chi connectivity index (χ0n) is 17.4. The Morgan fingerprint density at radius 2 is 2.13 bits per heavy atom. The molecule has 3 aromatic rings. The molecule has 9 nitrogen and oxygen atoms in total. The van der Waals surface area contributed by atoms with Crippen molar-refractivity contribution >= 4 is 39.4 Å². The topological polar surface area (TPSA) is 114 Å². The van der Waals surface area contributed by atoms with E-state index in [1.807, 2.05) is 13.8 Å². The average molecular weight is 442 g/mol. The minimum absolute atomic E-state index is 0.0105. The van der Waals surface area contributed by atoms with Gasteiger partial charge in [-0.15, -0.1) is 0 Å². The first-order chi connectivity index (χ1) is 14.9. The molecular weight excluding hydrogens is 420 g/mol. The molecule has 0 fully saturated rings. The quantitative estimate of drug-likeness (QED) is 0.601. The Bertz CT molecular complexity index is 1220. The van der Waals surface area contributed by atoms with Gasteiger partial charge >= 0.3 is 11.7 Å². The zero-order chi connectivity index (χ0) is 22.1. The third-order valence-corrected chi connectivity index (χ3v) is 5.83. The highest BCUT2D eigenvalue weighted by molar-refractivity contribution is 7.15. The van der Waals surface area contributed by atoms with Gasteiger partial charge in [0.15, 0.2) is 16.5 Å². The summed E-state index contributed by atoms with van der Waals surface area (Å²) in [6.07, 6.45) is 0.539. The first kappa shape index (κ1) is 20.9. The van der Waals surface area contributed by atoms with Gasteiger partial charge < -0.3 is 19.4 Å². The van der Waals surface area contributed by atoms with Gasteiger partial charge in [-0.1, -0.05) is 23.5 Å². The number of carbonyl (C=O) groups excluding carboxylic acids is 2. The molecule has 0 saturated carbocycles. The van der Waals surface area contributed by atoms with Gasteiger partial charge in [0.25, 0.3) is 5.91 Å². The number of nitrogens with zero attached hydrogens (tertiary/aromatic N) is 2. The summed E-state index contributed by atoms with van der Waals surface area (Å²) < 4.78 is 10.6. The summed E-state index contributed by atoms with van der Waals surface area (Å²) in [6, 6.07) is 6.45. The van der Waals surface area contributed by atoms with Gasteiger partial charge in [0.1, 0.15) is 5.56 Å². The lowest BCUT2D eigenvalue weighted by molar-refractivity contribution is 0.0732. The number of fused-ring (bicyclic) bond motifs is 2. The van der Waals surface area contributed by atoms with Gasteiger partial charge in [-0.05, 0) is 26.0 Å². The second kappa shape index (κ2) is 8.38. The Morgan fingerprint density at radius 3 is 2.87 bits per heavy atom. The molecule has 1 aromatic carbocycles. The molecule has 1 aliphatic rings. The molecule has 10 heteroatoms. The van der Waals surface area contributed by atoms with Crippen LogP contribution in [0.2, 0.25) is 0 Å². The minimum atomic E-state index is -0.704. The molecule has 4 rings (SSSR count). The van der Waals surface area contributed by atoms with Gasteiger partial charge in [0.2, 0.25) is 0 Å². The lowest BCUT2D eigenvalue weighted by Gasteiger charge is -2.25. The molecule has 3 amide bonds. The number of urea groups is 1. The number of carbonyl (C=O) groups is 2. The number of para-hydroxylation sites is 1. The summed E-state index contributed by atoms with van der Waals surface area (Å²) in [5, 5.41) is 6.56. The minimum Gasteiger partial charge on any atom is -0.493 e. The first-order valence-corrected chi connectivity index (χ1v) is 10.6. The molecule has 0 unspecified atom stereocenters. The summed E-state index contributed by atoms with van der Waals surface area (Å²) in [5.41, 5.74) is 0.433. The van der Waals surface area contributed by atoms with E-state index in [2.05, 4.69) is 15.6 Å². The van der Waals surface area contributed by atoms with Crippen LogP contribution in [0.3, 0.4) is 0 Å². The number of anilines is 1.